The van der Waals surface area contributed by atoms with Crippen LogP contribution in [0, 0.1) is 0 Å². The third-order valence-corrected chi connectivity index (χ3v) is 10.2. The molecule has 1 aliphatic heterocycles. The third-order valence-electron chi connectivity index (χ3n) is 10.2. The first-order valence-corrected chi connectivity index (χ1v) is 18.0. The molecule has 0 radical (unpaired) electrons. The van der Waals surface area contributed by atoms with E-state index in [1.807, 2.05) is 12.1 Å². The number of rotatable bonds is 6. The Hall–Kier alpha value is -7.04. The molecule has 4 nitrogen and oxygen atoms in total. The minimum atomic E-state index is -0.333. The highest BCUT2D eigenvalue weighted by atomic mass is 15.2. The number of aliphatic imine (C=N–C) groups is 2. The van der Waals surface area contributed by atoms with Crippen LogP contribution in [0.4, 0.5) is 0 Å². The molecule has 1 unspecified atom stereocenters. The topological polar surface area (TPSA) is 41.7 Å². The van der Waals surface area contributed by atoms with Crippen LogP contribution in [0.1, 0.15) is 22.9 Å². The molecular weight excluding hydrogens is 645 g/mol. The lowest BCUT2D eigenvalue weighted by atomic mass is 9.98. The maximum atomic E-state index is 5.44. The van der Waals surface area contributed by atoms with Crippen molar-refractivity contribution in [2.24, 2.45) is 9.98 Å². The second-order valence-electron chi connectivity index (χ2n) is 13.5. The van der Waals surface area contributed by atoms with Gasteiger partial charge in [0.1, 0.15) is 12.0 Å². The van der Waals surface area contributed by atoms with Gasteiger partial charge in [0.2, 0.25) is 0 Å². The summed E-state index contributed by atoms with van der Waals surface area (Å²) >= 11 is 0. The Labute approximate surface area is 308 Å². The van der Waals surface area contributed by atoms with Gasteiger partial charge >= 0.3 is 0 Å². The summed E-state index contributed by atoms with van der Waals surface area (Å²) in [5.74, 6) is 1.49. The van der Waals surface area contributed by atoms with Gasteiger partial charge in [-0.15, -0.1) is 0 Å². The molecule has 53 heavy (non-hydrogen) atoms. The Morgan fingerprint density at radius 3 is 1.79 bits per heavy atom. The number of amidine groups is 2. The molecule has 1 aliphatic rings. The van der Waals surface area contributed by atoms with Crippen molar-refractivity contribution < 1.29 is 0 Å². The molecule has 4 heteroatoms. The summed E-state index contributed by atoms with van der Waals surface area (Å²) in [6.07, 6.45) is -0.333. The Morgan fingerprint density at radius 2 is 1.04 bits per heavy atom. The van der Waals surface area contributed by atoms with E-state index in [-0.39, 0.29) is 6.17 Å². The fourth-order valence-electron chi connectivity index (χ4n) is 7.70. The number of nitrogens with zero attached hydrogens (tertiary/aromatic N) is 3. The van der Waals surface area contributed by atoms with Crippen molar-refractivity contribution in [2.75, 3.05) is 0 Å². The predicted octanol–water partition coefficient (Wildman–Crippen LogP) is 11.8. The van der Waals surface area contributed by atoms with Crippen LogP contribution in [-0.4, -0.2) is 16.2 Å². The Morgan fingerprint density at radius 1 is 0.453 bits per heavy atom. The maximum absolute atomic E-state index is 5.44. The van der Waals surface area contributed by atoms with E-state index in [0.29, 0.717) is 5.84 Å². The van der Waals surface area contributed by atoms with E-state index in [0.717, 1.165) is 55.6 Å². The zero-order chi connectivity index (χ0) is 35.1. The fourth-order valence-corrected chi connectivity index (χ4v) is 7.70. The summed E-state index contributed by atoms with van der Waals surface area (Å²) in [4.78, 5) is 10.9. The fraction of sp³-hybridized carbons (Fsp3) is 0.0204. The first kappa shape index (κ1) is 30.8. The van der Waals surface area contributed by atoms with Crippen LogP contribution in [-0.2, 0) is 0 Å². The average molecular weight is 679 g/mol. The number of para-hydroxylation sites is 1. The predicted molar refractivity (Wildman–Crippen MR) is 221 cm³/mol. The molecule has 2 heterocycles. The lowest BCUT2D eigenvalue weighted by Gasteiger charge is -2.25. The number of nitrogens with one attached hydrogen (secondary N) is 1. The van der Waals surface area contributed by atoms with Crippen LogP contribution in [0.2, 0.25) is 0 Å². The van der Waals surface area contributed by atoms with Crippen LogP contribution in [0.5, 0.6) is 0 Å². The van der Waals surface area contributed by atoms with Crippen molar-refractivity contribution in [3.63, 3.8) is 0 Å². The monoisotopic (exact) mass is 678 g/mol. The molecule has 0 saturated heterocycles. The van der Waals surface area contributed by atoms with Gasteiger partial charge in [0.15, 0.2) is 5.84 Å². The number of hydrogen-bond donors (Lipinski definition) is 1. The molecule has 1 N–H and O–H groups in total. The summed E-state index contributed by atoms with van der Waals surface area (Å²) in [5.41, 5.74) is 11.1. The molecule has 0 aliphatic carbocycles. The first-order chi connectivity index (χ1) is 26.3. The minimum absolute atomic E-state index is 0.333. The second-order valence-corrected chi connectivity index (χ2v) is 13.5. The van der Waals surface area contributed by atoms with Gasteiger partial charge < -0.3 is 9.88 Å². The van der Waals surface area contributed by atoms with Crippen molar-refractivity contribution in [1.29, 1.82) is 0 Å². The van der Waals surface area contributed by atoms with Gasteiger partial charge in [-0.25, -0.2) is 9.98 Å². The van der Waals surface area contributed by atoms with E-state index < -0.39 is 0 Å². The van der Waals surface area contributed by atoms with E-state index >= 15 is 0 Å². The van der Waals surface area contributed by atoms with E-state index in [2.05, 4.69) is 192 Å². The van der Waals surface area contributed by atoms with E-state index in [1.54, 1.807) is 0 Å². The Bertz CT molecular complexity index is 2830. The van der Waals surface area contributed by atoms with Crippen molar-refractivity contribution in [2.45, 2.75) is 6.17 Å². The van der Waals surface area contributed by atoms with Gasteiger partial charge in [0.05, 0.1) is 16.6 Å². The highest BCUT2D eigenvalue weighted by molar-refractivity contribution is 6.27. The van der Waals surface area contributed by atoms with Crippen molar-refractivity contribution >= 4 is 44.2 Å². The molecule has 0 fully saturated rings. The molecule has 10 rings (SSSR count). The minimum Gasteiger partial charge on any atom is -0.344 e. The van der Waals surface area contributed by atoms with Gasteiger partial charge in [0, 0.05) is 22.0 Å². The third kappa shape index (κ3) is 5.49. The van der Waals surface area contributed by atoms with Crippen molar-refractivity contribution in [3.05, 3.63) is 211 Å². The van der Waals surface area contributed by atoms with Crippen molar-refractivity contribution in [3.8, 4) is 27.9 Å². The van der Waals surface area contributed by atoms with Crippen LogP contribution in [0.15, 0.2) is 204 Å². The van der Waals surface area contributed by atoms with Crippen LogP contribution >= 0.6 is 0 Å². The molecular formula is C49H34N4. The first-order valence-electron chi connectivity index (χ1n) is 18.0. The van der Waals surface area contributed by atoms with E-state index in [4.69, 9.17) is 9.98 Å². The molecule has 0 saturated carbocycles. The van der Waals surface area contributed by atoms with Crippen molar-refractivity contribution in [1.82, 2.24) is 9.88 Å². The summed E-state index contributed by atoms with van der Waals surface area (Å²) < 4.78 is 2.41. The quantitative estimate of drug-likeness (QED) is 0.187. The molecule has 8 aromatic carbocycles. The number of fused-ring (bicyclic) bond motifs is 4. The lowest BCUT2D eigenvalue weighted by Crippen LogP contribution is -2.33. The Kier molecular flexibility index (Phi) is 7.51. The molecule has 250 valence electrons. The van der Waals surface area contributed by atoms with Crippen LogP contribution in [0.3, 0.4) is 0 Å². The van der Waals surface area contributed by atoms with Crippen LogP contribution in [0.25, 0.3) is 60.5 Å². The Balaban J connectivity index is 1.24. The number of aromatic nitrogens is 1. The number of hydrogen-bond acceptors (Lipinski definition) is 3. The molecule has 0 amide bonds. The largest absolute Gasteiger partial charge is 0.344 e. The highest BCUT2D eigenvalue weighted by Crippen LogP contribution is 2.40. The summed E-state index contributed by atoms with van der Waals surface area (Å²) in [6, 6.07) is 68.7. The van der Waals surface area contributed by atoms with Gasteiger partial charge in [0.25, 0.3) is 0 Å². The SMILES string of the molecule is c1ccc(-c2ccc(C3=NC(c4c5ccccc5cc5c6ccccc6n(-c6cccc(-c7ccccc7)c6)c45)=NC(c4ccccc4)N3)cc2)cc1. The summed E-state index contributed by atoms with van der Waals surface area (Å²) in [7, 11) is 0. The number of benzene rings is 8. The molecule has 0 bridgehead atoms. The normalized spacial score (nSPS) is 14.2. The molecule has 0 spiro atoms. The van der Waals surface area contributed by atoms with E-state index in [1.165, 1.54) is 27.5 Å². The smallest absolute Gasteiger partial charge is 0.162 e. The summed E-state index contributed by atoms with van der Waals surface area (Å²) in [6.45, 7) is 0. The van der Waals surface area contributed by atoms with E-state index in [9.17, 15) is 0 Å². The summed E-state index contributed by atoms with van der Waals surface area (Å²) in [5, 5.41) is 8.31. The zero-order valence-electron chi connectivity index (χ0n) is 28.9. The van der Waals surface area contributed by atoms with Gasteiger partial charge in [-0.1, -0.05) is 170 Å². The average Bonchev–Trinajstić information content (AvgIpc) is 3.57. The molecule has 9 aromatic rings. The molecule has 1 atom stereocenters. The van der Waals surface area contributed by atoms with Gasteiger partial charge in [-0.3, -0.25) is 0 Å². The van der Waals surface area contributed by atoms with Crippen LogP contribution < -0.4 is 5.32 Å². The maximum Gasteiger partial charge on any atom is 0.162 e. The highest BCUT2D eigenvalue weighted by Gasteiger charge is 2.26. The standard InChI is InChI=1S/C49H34N4/c1-4-15-33(16-5-1)35-27-29-37(30-28-35)48-50-47(36-19-8-3-9-20-36)51-49(52-48)45-41-24-11-10-21-39(41)32-43-42-25-12-13-26-44(42)53(46(43)45)40-23-14-22-38(31-40)34-17-6-2-7-18-34/h1-32,47H,(H,50,51,52). The second kappa shape index (κ2) is 12.9. The van der Waals surface area contributed by atoms with Gasteiger partial charge in [-0.05, 0) is 62.9 Å². The lowest BCUT2D eigenvalue weighted by molar-refractivity contribution is 0.674. The zero-order valence-corrected chi connectivity index (χ0v) is 28.9. The molecule has 1 aromatic heterocycles. The van der Waals surface area contributed by atoms with Gasteiger partial charge in [-0.2, -0.15) is 0 Å².